The highest BCUT2D eigenvalue weighted by Gasteiger charge is 2.32. The second-order valence-corrected chi connectivity index (χ2v) is 7.27. The first kappa shape index (κ1) is 19.6. The molecular weight excluding hydrogens is 405 g/mol. The molecule has 3 rings (SSSR count). The van der Waals surface area contributed by atoms with Gasteiger partial charge in [-0.1, -0.05) is 29.3 Å². The molecule has 0 saturated carbocycles. The van der Waals surface area contributed by atoms with Gasteiger partial charge in [-0.3, -0.25) is 19.8 Å². The van der Waals surface area contributed by atoms with Crippen molar-refractivity contribution < 1.29 is 9.59 Å². The number of thiocarbonyl (C=S) groups is 1. The fourth-order valence-corrected chi connectivity index (χ4v) is 3.79. The molecule has 1 aliphatic rings. The number of aryl methyl sites for hydroxylation is 1. The molecule has 2 amide bonds. The number of rotatable bonds is 3. The Labute approximate surface area is 172 Å². The van der Waals surface area contributed by atoms with Crippen LogP contribution in [0.15, 0.2) is 29.8 Å². The van der Waals surface area contributed by atoms with Crippen LogP contribution < -0.4 is 5.32 Å². The van der Waals surface area contributed by atoms with Gasteiger partial charge in [0.25, 0.3) is 11.8 Å². The molecular formula is C19H17Cl2N3O2S. The van der Waals surface area contributed by atoms with Crippen molar-refractivity contribution in [1.82, 2.24) is 14.8 Å². The van der Waals surface area contributed by atoms with E-state index in [1.165, 1.54) is 4.90 Å². The van der Waals surface area contributed by atoms with Crippen molar-refractivity contribution in [2.75, 3.05) is 6.54 Å². The smallest absolute Gasteiger partial charge is 0.265 e. The molecule has 140 valence electrons. The van der Waals surface area contributed by atoms with E-state index in [0.29, 0.717) is 16.6 Å². The third-order valence-corrected chi connectivity index (χ3v) is 5.58. The van der Waals surface area contributed by atoms with Crippen LogP contribution in [0.1, 0.15) is 23.9 Å². The van der Waals surface area contributed by atoms with E-state index in [2.05, 4.69) is 5.32 Å². The molecule has 1 fully saturated rings. The minimum atomic E-state index is -0.500. The number of hydrogen-bond donors (Lipinski definition) is 1. The second kappa shape index (κ2) is 7.46. The van der Waals surface area contributed by atoms with Gasteiger partial charge < -0.3 is 4.57 Å². The minimum absolute atomic E-state index is 0.0443. The van der Waals surface area contributed by atoms with Crippen LogP contribution in [0.25, 0.3) is 11.8 Å². The largest absolute Gasteiger partial charge is 0.316 e. The Morgan fingerprint density at radius 2 is 1.93 bits per heavy atom. The summed E-state index contributed by atoms with van der Waals surface area (Å²) in [5.74, 6) is -0.905. The number of aromatic nitrogens is 1. The zero-order valence-electron chi connectivity index (χ0n) is 15.0. The Hall–Kier alpha value is -2.15. The van der Waals surface area contributed by atoms with Crippen molar-refractivity contribution in [1.29, 1.82) is 0 Å². The lowest BCUT2D eigenvalue weighted by molar-refractivity contribution is -0.128. The van der Waals surface area contributed by atoms with Gasteiger partial charge in [-0.05, 0) is 62.8 Å². The summed E-state index contributed by atoms with van der Waals surface area (Å²) in [6.45, 7) is 5.99. The molecule has 5 nitrogen and oxygen atoms in total. The van der Waals surface area contributed by atoms with Crippen LogP contribution in [-0.2, 0) is 9.59 Å². The number of benzene rings is 1. The lowest BCUT2D eigenvalue weighted by Crippen LogP contribution is -2.53. The van der Waals surface area contributed by atoms with Gasteiger partial charge >= 0.3 is 0 Å². The zero-order valence-corrected chi connectivity index (χ0v) is 17.3. The van der Waals surface area contributed by atoms with Gasteiger partial charge in [0.15, 0.2) is 5.11 Å². The van der Waals surface area contributed by atoms with Crippen LogP contribution in [-0.4, -0.2) is 32.9 Å². The molecule has 0 unspecified atom stereocenters. The number of hydrogen-bond acceptors (Lipinski definition) is 3. The molecule has 2 aromatic rings. The average molecular weight is 422 g/mol. The van der Waals surface area contributed by atoms with Gasteiger partial charge in [0.2, 0.25) is 0 Å². The molecule has 27 heavy (non-hydrogen) atoms. The van der Waals surface area contributed by atoms with Crippen LogP contribution in [0, 0.1) is 13.8 Å². The number of nitrogens with one attached hydrogen (secondary N) is 1. The number of likely N-dealkylation sites (N-methyl/N-ethyl adjacent to an activating group) is 1. The molecule has 0 radical (unpaired) electrons. The maximum atomic E-state index is 12.6. The van der Waals surface area contributed by atoms with Gasteiger partial charge in [-0.2, -0.15) is 0 Å². The number of amides is 2. The summed E-state index contributed by atoms with van der Waals surface area (Å²) in [7, 11) is 0. The Bertz CT molecular complexity index is 1010. The molecule has 0 bridgehead atoms. The first-order valence-electron chi connectivity index (χ1n) is 8.28. The van der Waals surface area contributed by atoms with E-state index >= 15 is 0 Å². The fourth-order valence-electron chi connectivity index (χ4n) is 3.11. The van der Waals surface area contributed by atoms with E-state index in [-0.39, 0.29) is 10.7 Å². The Morgan fingerprint density at radius 3 is 2.59 bits per heavy atom. The van der Waals surface area contributed by atoms with Crippen molar-refractivity contribution in [3.8, 4) is 5.69 Å². The summed E-state index contributed by atoms with van der Waals surface area (Å²) in [6.07, 6.45) is 1.58. The van der Waals surface area contributed by atoms with Crippen molar-refractivity contribution in [3.05, 3.63) is 56.8 Å². The molecule has 1 aromatic heterocycles. The van der Waals surface area contributed by atoms with Crippen LogP contribution in [0.5, 0.6) is 0 Å². The lowest BCUT2D eigenvalue weighted by Gasteiger charge is -2.27. The van der Waals surface area contributed by atoms with E-state index in [0.717, 1.165) is 22.6 Å². The average Bonchev–Trinajstić information content (AvgIpc) is 2.88. The third-order valence-electron chi connectivity index (χ3n) is 4.44. The van der Waals surface area contributed by atoms with Crippen molar-refractivity contribution in [2.24, 2.45) is 0 Å². The van der Waals surface area contributed by atoms with Crippen LogP contribution in [0.2, 0.25) is 10.0 Å². The topological polar surface area (TPSA) is 54.3 Å². The van der Waals surface area contributed by atoms with E-state index in [1.807, 2.05) is 36.6 Å². The van der Waals surface area contributed by atoms with Gasteiger partial charge in [-0.15, -0.1) is 0 Å². The first-order chi connectivity index (χ1) is 12.8. The van der Waals surface area contributed by atoms with Gasteiger partial charge in [0.05, 0.1) is 15.7 Å². The van der Waals surface area contributed by atoms with Crippen LogP contribution in [0.4, 0.5) is 0 Å². The number of nitrogens with zero attached hydrogens (tertiary/aromatic N) is 2. The summed E-state index contributed by atoms with van der Waals surface area (Å²) in [4.78, 5) is 26.3. The third kappa shape index (κ3) is 3.40. The molecule has 0 atom stereocenters. The predicted molar refractivity (Wildman–Crippen MR) is 111 cm³/mol. The monoisotopic (exact) mass is 421 g/mol. The van der Waals surface area contributed by atoms with E-state index in [4.69, 9.17) is 35.4 Å². The summed E-state index contributed by atoms with van der Waals surface area (Å²) in [5, 5.41) is 3.57. The molecule has 1 aromatic carbocycles. The highest BCUT2D eigenvalue weighted by atomic mass is 35.5. The maximum Gasteiger partial charge on any atom is 0.265 e. The van der Waals surface area contributed by atoms with Crippen molar-refractivity contribution in [2.45, 2.75) is 20.8 Å². The Morgan fingerprint density at radius 1 is 1.22 bits per heavy atom. The molecule has 2 heterocycles. The summed E-state index contributed by atoms with van der Waals surface area (Å²) in [5.41, 5.74) is 3.25. The van der Waals surface area contributed by atoms with Crippen LogP contribution in [0.3, 0.4) is 0 Å². The quantitative estimate of drug-likeness (QED) is 0.462. The lowest BCUT2D eigenvalue weighted by atomic mass is 10.1. The van der Waals surface area contributed by atoms with E-state index < -0.39 is 11.8 Å². The minimum Gasteiger partial charge on any atom is -0.316 e. The Balaban J connectivity index is 2.11. The SMILES string of the molecule is CCN1C(=O)/C(=C/c2cc(C)n(-c3cccc(Cl)c3Cl)c2C)C(=O)NC1=S. The number of carbonyl (C=O) groups is 2. The zero-order chi connectivity index (χ0) is 19.9. The first-order valence-corrected chi connectivity index (χ1v) is 9.44. The normalized spacial score (nSPS) is 16.3. The second-order valence-electron chi connectivity index (χ2n) is 6.10. The summed E-state index contributed by atoms with van der Waals surface area (Å²) in [6, 6.07) is 7.29. The highest BCUT2D eigenvalue weighted by molar-refractivity contribution is 7.80. The van der Waals surface area contributed by atoms with Crippen LogP contribution >= 0.6 is 35.4 Å². The predicted octanol–water partition coefficient (Wildman–Crippen LogP) is 4.05. The van der Waals surface area contributed by atoms with Gasteiger partial charge in [0, 0.05) is 17.9 Å². The maximum absolute atomic E-state index is 12.6. The fraction of sp³-hybridized carbons (Fsp3) is 0.211. The van der Waals surface area contributed by atoms with Crippen molar-refractivity contribution in [3.63, 3.8) is 0 Å². The van der Waals surface area contributed by atoms with E-state index in [9.17, 15) is 9.59 Å². The highest BCUT2D eigenvalue weighted by Crippen LogP contribution is 2.32. The van der Waals surface area contributed by atoms with Gasteiger partial charge in [-0.25, -0.2) is 0 Å². The standard InChI is InChI=1S/C19H17Cl2N3O2S/c1-4-23-18(26)13(17(25)22-19(23)27)9-12-8-10(2)24(11(12)3)15-7-5-6-14(20)16(15)21/h5-9H,4H2,1-3H3,(H,22,25,27)/b13-9+. The Kier molecular flexibility index (Phi) is 5.42. The number of carbonyl (C=O) groups excluding carboxylic acids is 2. The molecule has 0 aliphatic carbocycles. The van der Waals surface area contributed by atoms with E-state index in [1.54, 1.807) is 19.1 Å². The molecule has 0 spiro atoms. The summed E-state index contributed by atoms with van der Waals surface area (Å²) < 4.78 is 1.94. The molecule has 1 aliphatic heterocycles. The summed E-state index contributed by atoms with van der Waals surface area (Å²) >= 11 is 17.6. The van der Waals surface area contributed by atoms with Gasteiger partial charge in [0.1, 0.15) is 5.57 Å². The van der Waals surface area contributed by atoms with Crippen molar-refractivity contribution >= 4 is 58.4 Å². The number of halogens is 2. The molecule has 1 saturated heterocycles. The molecule has 1 N–H and O–H groups in total. The molecule has 8 heteroatoms.